The summed E-state index contributed by atoms with van der Waals surface area (Å²) in [7, 11) is 0. The van der Waals surface area contributed by atoms with Gasteiger partial charge in [0.2, 0.25) is 0 Å². The van der Waals surface area contributed by atoms with Crippen molar-refractivity contribution in [2.75, 3.05) is 6.54 Å². The molecule has 0 aliphatic carbocycles. The van der Waals surface area contributed by atoms with E-state index in [0.29, 0.717) is 23.0 Å². The quantitative estimate of drug-likeness (QED) is 0.894. The van der Waals surface area contributed by atoms with E-state index in [2.05, 4.69) is 5.32 Å². The lowest BCUT2D eigenvalue weighted by Crippen LogP contribution is -2.41. The van der Waals surface area contributed by atoms with E-state index in [1.807, 2.05) is 0 Å². The van der Waals surface area contributed by atoms with Crippen molar-refractivity contribution in [1.82, 2.24) is 5.32 Å². The molecule has 1 aromatic carbocycles. The number of ether oxygens (including phenoxy) is 1. The summed E-state index contributed by atoms with van der Waals surface area (Å²) in [5.41, 5.74) is 6.30. The molecule has 1 atom stereocenters. The van der Waals surface area contributed by atoms with Gasteiger partial charge in [0.05, 0.1) is 0 Å². The van der Waals surface area contributed by atoms with Gasteiger partial charge in [-0.05, 0) is 51.0 Å². The first kappa shape index (κ1) is 17.1. The molecule has 0 saturated heterocycles. The molecule has 0 radical (unpaired) electrons. The summed E-state index contributed by atoms with van der Waals surface area (Å²) < 4.78 is 5.13. The lowest BCUT2D eigenvalue weighted by molar-refractivity contribution is 0.0524. The fourth-order valence-electron chi connectivity index (χ4n) is 1.58. The van der Waals surface area contributed by atoms with Crippen molar-refractivity contribution in [3.8, 4) is 0 Å². The number of nitrogens with one attached hydrogen (secondary N) is 1. The maximum absolute atomic E-state index is 11.5. The Labute approximate surface area is 129 Å². The Kier molecular flexibility index (Phi) is 6.11. The topological polar surface area (TPSA) is 64.3 Å². The molecule has 0 heterocycles. The molecule has 112 valence electrons. The molecule has 3 N–H and O–H groups in total. The normalized spacial score (nSPS) is 12.9. The van der Waals surface area contributed by atoms with Gasteiger partial charge in [-0.3, -0.25) is 0 Å². The van der Waals surface area contributed by atoms with Gasteiger partial charge in [-0.2, -0.15) is 0 Å². The molecule has 0 aliphatic rings. The average molecular weight is 319 g/mol. The number of carbonyl (C=O) groups is 1. The lowest BCUT2D eigenvalue weighted by atomic mass is 10.1. The maximum Gasteiger partial charge on any atom is 0.407 e. The summed E-state index contributed by atoms with van der Waals surface area (Å²) in [6.45, 7) is 5.71. The lowest BCUT2D eigenvalue weighted by Gasteiger charge is -2.21. The summed E-state index contributed by atoms with van der Waals surface area (Å²) in [6.07, 6.45) is 0.0417. The second-order valence-electron chi connectivity index (χ2n) is 5.58. The highest BCUT2D eigenvalue weighted by molar-refractivity contribution is 6.33. The van der Waals surface area contributed by atoms with E-state index in [0.717, 1.165) is 5.56 Å². The van der Waals surface area contributed by atoms with Crippen LogP contribution in [0.25, 0.3) is 0 Å². The highest BCUT2D eigenvalue weighted by Gasteiger charge is 2.17. The third-order valence-corrected chi connectivity index (χ3v) is 3.00. The molecule has 1 rings (SSSR count). The number of nitrogens with two attached hydrogens (primary N) is 1. The Bertz CT molecular complexity index is 473. The Morgan fingerprint density at radius 2 is 2.05 bits per heavy atom. The predicted octanol–water partition coefficient (Wildman–Crippen LogP) is 3.39. The van der Waals surface area contributed by atoms with Crippen molar-refractivity contribution in [2.45, 2.75) is 38.8 Å². The van der Waals surface area contributed by atoms with Gasteiger partial charge in [-0.25, -0.2) is 4.79 Å². The summed E-state index contributed by atoms with van der Waals surface area (Å²) >= 11 is 12.0. The highest BCUT2D eigenvalue weighted by atomic mass is 35.5. The second kappa shape index (κ2) is 7.16. The predicted molar refractivity (Wildman–Crippen MR) is 82.4 cm³/mol. The number of carbonyl (C=O) groups excluding carboxylic acids is 1. The molecule has 0 aromatic heterocycles. The molecule has 1 aromatic rings. The van der Waals surface area contributed by atoms with Gasteiger partial charge in [0.15, 0.2) is 0 Å². The first-order valence-electron chi connectivity index (χ1n) is 6.34. The van der Waals surface area contributed by atoms with Crippen molar-refractivity contribution < 1.29 is 9.53 Å². The SMILES string of the molecule is CC(C)(C)OC(=O)NCC(N)Cc1cc(Cl)ccc1Cl. The minimum absolute atomic E-state index is 0.265. The van der Waals surface area contributed by atoms with Crippen LogP contribution in [0.3, 0.4) is 0 Å². The Morgan fingerprint density at radius 3 is 2.65 bits per heavy atom. The molecular weight excluding hydrogens is 299 g/mol. The van der Waals surface area contributed by atoms with Crippen LogP contribution in [0.1, 0.15) is 26.3 Å². The van der Waals surface area contributed by atoms with Gasteiger partial charge < -0.3 is 15.8 Å². The monoisotopic (exact) mass is 318 g/mol. The molecule has 0 saturated carbocycles. The zero-order valence-electron chi connectivity index (χ0n) is 11.9. The number of rotatable bonds is 4. The van der Waals surface area contributed by atoms with E-state index in [1.54, 1.807) is 39.0 Å². The Hall–Kier alpha value is -0.970. The fourth-order valence-corrected chi connectivity index (χ4v) is 1.97. The van der Waals surface area contributed by atoms with Crippen LogP contribution in [0.2, 0.25) is 10.0 Å². The van der Waals surface area contributed by atoms with Crippen LogP contribution in [0.4, 0.5) is 4.79 Å². The van der Waals surface area contributed by atoms with E-state index >= 15 is 0 Å². The van der Waals surface area contributed by atoms with Gasteiger partial charge in [0.25, 0.3) is 0 Å². The van der Waals surface area contributed by atoms with Crippen molar-refractivity contribution in [1.29, 1.82) is 0 Å². The molecule has 4 nitrogen and oxygen atoms in total. The van der Waals surface area contributed by atoms with E-state index in [-0.39, 0.29) is 6.04 Å². The molecule has 0 spiro atoms. The molecule has 6 heteroatoms. The fraction of sp³-hybridized carbons (Fsp3) is 0.500. The van der Waals surface area contributed by atoms with Crippen LogP contribution in [-0.4, -0.2) is 24.3 Å². The van der Waals surface area contributed by atoms with Crippen molar-refractivity contribution >= 4 is 29.3 Å². The van der Waals surface area contributed by atoms with Crippen LogP contribution in [-0.2, 0) is 11.2 Å². The van der Waals surface area contributed by atoms with Gasteiger partial charge in [-0.15, -0.1) is 0 Å². The van der Waals surface area contributed by atoms with Crippen molar-refractivity contribution in [3.63, 3.8) is 0 Å². The van der Waals surface area contributed by atoms with E-state index in [1.165, 1.54) is 0 Å². The summed E-state index contributed by atoms with van der Waals surface area (Å²) in [4.78, 5) is 11.5. The first-order valence-corrected chi connectivity index (χ1v) is 7.09. The molecule has 0 fully saturated rings. The molecule has 1 amide bonds. The average Bonchev–Trinajstić information content (AvgIpc) is 2.29. The third-order valence-electron chi connectivity index (χ3n) is 2.40. The van der Waals surface area contributed by atoms with Gasteiger partial charge in [0.1, 0.15) is 5.60 Å². The number of hydrogen-bond donors (Lipinski definition) is 2. The van der Waals surface area contributed by atoms with E-state index in [4.69, 9.17) is 33.7 Å². The van der Waals surface area contributed by atoms with Gasteiger partial charge >= 0.3 is 6.09 Å². The Balaban J connectivity index is 2.46. The number of benzene rings is 1. The van der Waals surface area contributed by atoms with Crippen LogP contribution < -0.4 is 11.1 Å². The van der Waals surface area contributed by atoms with Crippen molar-refractivity contribution in [2.24, 2.45) is 5.73 Å². The molecule has 20 heavy (non-hydrogen) atoms. The third kappa shape index (κ3) is 6.46. The maximum atomic E-state index is 11.5. The number of alkyl carbamates (subject to hydrolysis) is 1. The zero-order chi connectivity index (χ0) is 15.3. The number of halogens is 2. The minimum atomic E-state index is -0.523. The van der Waals surface area contributed by atoms with E-state index in [9.17, 15) is 4.79 Å². The Morgan fingerprint density at radius 1 is 1.40 bits per heavy atom. The standard InChI is InChI=1S/C14H20Cl2N2O2/c1-14(2,3)20-13(19)18-8-11(17)7-9-6-10(15)4-5-12(9)16/h4-6,11H,7-8,17H2,1-3H3,(H,18,19). The smallest absolute Gasteiger partial charge is 0.407 e. The molecule has 0 aliphatic heterocycles. The van der Waals surface area contributed by atoms with Crippen LogP contribution >= 0.6 is 23.2 Å². The zero-order valence-corrected chi connectivity index (χ0v) is 13.4. The second-order valence-corrected chi connectivity index (χ2v) is 6.43. The summed E-state index contributed by atoms with van der Waals surface area (Å²) in [5, 5.41) is 3.85. The van der Waals surface area contributed by atoms with Crippen LogP contribution in [0.5, 0.6) is 0 Å². The van der Waals surface area contributed by atoms with Gasteiger partial charge in [-0.1, -0.05) is 23.2 Å². The van der Waals surface area contributed by atoms with Gasteiger partial charge in [0, 0.05) is 22.6 Å². The van der Waals surface area contributed by atoms with Crippen LogP contribution in [0.15, 0.2) is 18.2 Å². The first-order chi connectivity index (χ1) is 9.17. The summed E-state index contributed by atoms with van der Waals surface area (Å²) in [5.74, 6) is 0. The van der Waals surface area contributed by atoms with E-state index < -0.39 is 11.7 Å². The molecular formula is C14H20Cl2N2O2. The largest absolute Gasteiger partial charge is 0.444 e. The van der Waals surface area contributed by atoms with Crippen molar-refractivity contribution in [3.05, 3.63) is 33.8 Å². The summed E-state index contributed by atoms with van der Waals surface area (Å²) in [6, 6.07) is 4.96. The minimum Gasteiger partial charge on any atom is -0.444 e. The molecule has 0 bridgehead atoms. The number of amides is 1. The molecule has 1 unspecified atom stereocenters. The van der Waals surface area contributed by atoms with Crippen LogP contribution in [0, 0.1) is 0 Å². The number of hydrogen-bond acceptors (Lipinski definition) is 3. The highest BCUT2D eigenvalue weighted by Crippen LogP contribution is 2.21.